The Morgan fingerprint density at radius 1 is 0.796 bits per heavy atom. The van der Waals surface area contributed by atoms with Gasteiger partial charge in [0.05, 0.1) is 12.1 Å². The number of carbonyl (C=O) groups is 2. The molecule has 8 rings (SSSR count). The van der Waals surface area contributed by atoms with Gasteiger partial charge in [-0.2, -0.15) is 4.98 Å². The highest BCUT2D eigenvalue weighted by Gasteiger charge is 2.28. The van der Waals surface area contributed by atoms with Crippen LogP contribution in [-0.2, 0) is 16.1 Å². The van der Waals surface area contributed by atoms with E-state index in [1.54, 1.807) is 0 Å². The van der Waals surface area contributed by atoms with Crippen molar-refractivity contribution in [2.75, 3.05) is 41.7 Å². The smallest absolute Gasteiger partial charge is 0.234 e. The maximum Gasteiger partial charge on any atom is 0.234 e. The van der Waals surface area contributed by atoms with Crippen LogP contribution in [0, 0.1) is 0 Å². The summed E-state index contributed by atoms with van der Waals surface area (Å²) in [4.78, 5) is 43.3. The molecule has 3 fully saturated rings. The molecule has 1 atom stereocenters. The third-order valence-corrected chi connectivity index (χ3v) is 10.0. The summed E-state index contributed by atoms with van der Waals surface area (Å²) >= 11 is 0. The molecule has 2 aliphatic heterocycles. The van der Waals surface area contributed by atoms with Gasteiger partial charge in [-0.05, 0) is 66.8 Å². The lowest BCUT2D eigenvalue weighted by molar-refractivity contribution is -0.134. The highest BCUT2D eigenvalue weighted by Crippen LogP contribution is 2.36. The molecule has 4 heterocycles. The van der Waals surface area contributed by atoms with Crippen LogP contribution in [0.1, 0.15) is 61.6 Å². The van der Waals surface area contributed by atoms with Gasteiger partial charge in [0, 0.05) is 62.2 Å². The molecule has 1 unspecified atom stereocenters. The van der Waals surface area contributed by atoms with Crippen LogP contribution in [-0.4, -0.2) is 62.4 Å². The number of rotatable bonds is 9. The van der Waals surface area contributed by atoms with Gasteiger partial charge in [0.1, 0.15) is 5.52 Å². The molecule has 1 aliphatic carbocycles. The minimum atomic E-state index is -0.253. The first-order valence-corrected chi connectivity index (χ1v) is 17.4. The zero-order chi connectivity index (χ0) is 33.2. The Bertz CT molecular complexity index is 1950. The standard InChI is InChI=1S/C38H41N9O2/c48-34-18-17-32(36(49)43-34)27-8-6-7-26(23-27)25-45-19-21-46(22-20-45)30-15-13-29(14-16-30)40-37-39-24-33-35(44-37)47(31-11-4-5-12-31)38(42-33)41-28-9-2-1-3-10-28/h1-3,6-10,13-16,23-24,31-32H,4-5,11-12,17-22,25H2,(H,41,42)(H,39,40,44)(H,43,48,49). The topological polar surface area (TPSA) is 120 Å². The van der Waals surface area contributed by atoms with Gasteiger partial charge in [0.15, 0.2) is 5.65 Å². The molecule has 11 heteroatoms. The van der Waals surface area contributed by atoms with Crippen LogP contribution in [0.2, 0.25) is 0 Å². The van der Waals surface area contributed by atoms with E-state index < -0.39 is 0 Å². The number of nitrogens with one attached hydrogen (secondary N) is 3. The number of para-hydroxylation sites is 1. The number of aromatic nitrogens is 4. The quantitative estimate of drug-likeness (QED) is 0.158. The van der Waals surface area contributed by atoms with Crippen molar-refractivity contribution in [3.63, 3.8) is 0 Å². The predicted octanol–water partition coefficient (Wildman–Crippen LogP) is 6.27. The summed E-state index contributed by atoms with van der Waals surface area (Å²) in [5, 5.41) is 9.41. The number of imide groups is 1. The van der Waals surface area contributed by atoms with E-state index in [0.29, 0.717) is 24.8 Å². The van der Waals surface area contributed by atoms with E-state index >= 15 is 0 Å². The lowest BCUT2D eigenvalue weighted by atomic mass is 9.89. The molecule has 3 aromatic carbocycles. The first kappa shape index (κ1) is 31.0. The van der Waals surface area contributed by atoms with Crippen LogP contribution in [0.3, 0.4) is 0 Å². The summed E-state index contributed by atoms with van der Waals surface area (Å²) in [7, 11) is 0. The highest BCUT2D eigenvalue weighted by molar-refractivity contribution is 6.00. The van der Waals surface area contributed by atoms with E-state index in [2.05, 4.69) is 71.7 Å². The molecule has 11 nitrogen and oxygen atoms in total. The molecule has 250 valence electrons. The zero-order valence-corrected chi connectivity index (χ0v) is 27.5. The number of anilines is 5. The molecule has 3 N–H and O–H groups in total. The van der Waals surface area contributed by atoms with E-state index in [9.17, 15) is 9.59 Å². The fraction of sp³-hybridized carbons (Fsp3) is 0.342. The number of hydrogen-bond donors (Lipinski definition) is 3. The van der Waals surface area contributed by atoms with Gasteiger partial charge in [-0.1, -0.05) is 55.3 Å². The second-order valence-electron chi connectivity index (χ2n) is 13.3. The van der Waals surface area contributed by atoms with Gasteiger partial charge in [0.25, 0.3) is 0 Å². The van der Waals surface area contributed by atoms with Crippen LogP contribution in [0.25, 0.3) is 11.2 Å². The van der Waals surface area contributed by atoms with Gasteiger partial charge in [-0.3, -0.25) is 24.4 Å². The van der Waals surface area contributed by atoms with Crippen LogP contribution in [0.4, 0.5) is 29.0 Å². The third-order valence-electron chi connectivity index (χ3n) is 10.0. The fourth-order valence-corrected chi connectivity index (χ4v) is 7.43. The number of piperazine rings is 1. The maximum absolute atomic E-state index is 12.4. The third kappa shape index (κ3) is 6.84. The van der Waals surface area contributed by atoms with Crippen molar-refractivity contribution in [2.24, 2.45) is 0 Å². The van der Waals surface area contributed by atoms with Crippen LogP contribution in [0.15, 0.2) is 85.1 Å². The molecule has 2 saturated heterocycles. The molecule has 5 aromatic rings. The van der Waals surface area contributed by atoms with E-state index in [1.807, 2.05) is 48.7 Å². The molecule has 0 spiro atoms. The van der Waals surface area contributed by atoms with Crippen LogP contribution in [0.5, 0.6) is 0 Å². The fourth-order valence-electron chi connectivity index (χ4n) is 7.43. The summed E-state index contributed by atoms with van der Waals surface area (Å²) < 4.78 is 2.26. The number of amides is 2. The predicted molar refractivity (Wildman–Crippen MR) is 191 cm³/mol. The second kappa shape index (κ2) is 13.7. The number of fused-ring (bicyclic) bond motifs is 1. The second-order valence-corrected chi connectivity index (χ2v) is 13.3. The minimum absolute atomic E-state index is 0.179. The molecule has 0 bridgehead atoms. The average molecular weight is 656 g/mol. The maximum atomic E-state index is 12.4. The van der Waals surface area contributed by atoms with Crippen LogP contribution >= 0.6 is 0 Å². The van der Waals surface area contributed by atoms with Gasteiger partial charge < -0.3 is 15.5 Å². The number of nitrogens with zero attached hydrogens (tertiary/aromatic N) is 6. The van der Waals surface area contributed by atoms with Crippen molar-refractivity contribution in [3.05, 3.63) is 96.2 Å². The van der Waals surface area contributed by atoms with Gasteiger partial charge in [0.2, 0.25) is 23.7 Å². The molecule has 49 heavy (non-hydrogen) atoms. The monoisotopic (exact) mass is 655 g/mol. The first-order valence-electron chi connectivity index (χ1n) is 17.4. The van der Waals surface area contributed by atoms with Crippen molar-refractivity contribution in [2.45, 2.75) is 57.0 Å². The normalized spacial score (nSPS) is 18.9. The molecule has 2 amide bonds. The number of imidazole rings is 1. The Morgan fingerprint density at radius 3 is 2.35 bits per heavy atom. The van der Waals surface area contributed by atoms with Crippen molar-refractivity contribution in [1.29, 1.82) is 0 Å². The van der Waals surface area contributed by atoms with Crippen molar-refractivity contribution in [1.82, 2.24) is 29.7 Å². The molecule has 0 radical (unpaired) electrons. The van der Waals surface area contributed by atoms with Gasteiger partial charge >= 0.3 is 0 Å². The van der Waals surface area contributed by atoms with Crippen molar-refractivity contribution < 1.29 is 9.59 Å². The zero-order valence-electron chi connectivity index (χ0n) is 27.5. The van der Waals surface area contributed by atoms with Gasteiger partial charge in [-0.15, -0.1) is 0 Å². The van der Waals surface area contributed by atoms with Crippen molar-refractivity contribution in [3.8, 4) is 0 Å². The Morgan fingerprint density at radius 2 is 1.57 bits per heavy atom. The Kier molecular flexibility index (Phi) is 8.65. The van der Waals surface area contributed by atoms with Crippen LogP contribution < -0.4 is 20.9 Å². The number of piperidine rings is 1. The Hall–Kier alpha value is -5.29. The van der Waals surface area contributed by atoms with E-state index in [-0.39, 0.29) is 17.7 Å². The number of carbonyl (C=O) groups excluding carboxylic acids is 2. The Balaban J connectivity index is 0.900. The molecule has 3 aliphatic rings. The summed E-state index contributed by atoms with van der Waals surface area (Å²) in [6.07, 6.45) is 7.45. The molecule has 1 saturated carbocycles. The largest absolute Gasteiger partial charge is 0.369 e. The lowest BCUT2D eigenvalue weighted by Crippen LogP contribution is -2.46. The summed E-state index contributed by atoms with van der Waals surface area (Å²) in [6.45, 7) is 4.61. The summed E-state index contributed by atoms with van der Waals surface area (Å²) in [5.41, 5.74) is 6.95. The van der Waals surface area contributed by atoms with Gasteiger partial charge in [-0.25, -0.2) is 9.97 Å². The van der Waals surface area contributed by atoms with Crippen molar-refractivity contribution >= 4 is 51.9 Å². The number of hydrogen-bond acceptors (Lipinski definition) is 9. The minimum Gasteiger partial charge on any atom is -0.369 e. The first-order chi connectivity index (χ1) is 24.1. The van der Waals surface area contributed by atoms with E-state index in [1.165, 1.54) is 24.1 Å². The number of benzene rings is 3. The summed E-state index contributed by atoms with van der Waals surface area (Å²) in [5.74, 6) is 0.749. The SMILES string of the molecule is O=C1CCC(c2cccc(CN3CCN(c4ccc(Nc5ncc6nc(Nc7ccccc7)n(C7CCCC7)c6n5)cc4)CC3)c2)C(=O)N1. The average Bonchev–Trinajstić information content (AvgIpc) is 3.77. The molecular formula is C38H41N9O2. The highest BCUT2D eigenvalue weighted by atomic mass is 16.2. The van der Waals surface area contributed by atoms with E-state index in [0.717, 1.165) is 79.6 Å². The Labute approximate surface area is 285 Å². The molecular weight excluding hydrogens is 614 g/mol. The lowest BCUT2D eigenvalue weighted by Gasteiger charge is -2.36. The summed E-state index contributed by atoms with van der Waals surface area (Å²) in [6, 6.07) is 27.3. The molecule has 2 aromatic heterocycles. The van der Waals surface area contributed by atoms with E-state index in [4.69, 9.17) is 9.97 Å².